The van der Waals surface area contributed by atoms with Crippen LogP contribution in [0.25, 0.3) is 0 Å². The van der Waals surface area contributed by atoms with Crippen molar-refractivity contribution in [3.8, 4) is 5.75 Å². The molecular weight excluding hydrogens is 389 g/mol. The molecule has 1 atom stereocenters. The molecule has 2 rings (SSSR count). The average Bonchev–Trinajstić information content (AvgIpc) is 2.48. The van der Waals surface area contributed by atoms with Gasteiger partial charge in [0, 0.05) is 15.3 Å². The number of ether oxygens (including phenoxy) is 1. The molecule has 1 unspecified atom stereocenters. The molecule has 0 bridgehead atoms. The molecule has 2 aromatic rings. The number of halogens is 1. The molecule has 0 saturated heterocycles. The summed E-state index contributed by atoms with van der Waals surface area (Å²) in [5.41, 5.74) is 1.42. The van der Waals surface area contributed by atoms with Crippen LogP contribution in [-0.4, -0.2) is 12.0 Å². The van der Waals surface area contributed by atoms with Gasteiger partial charge in [-0.3, -0.25) is 4.79 Å². The predicted molar refractivity (Wildman–Crippen MR) is 98.6 cm³/mol. The van der Waals surface area contributed by atoms with Gasteiger partial charge in [-0.1, -0.05) is 31.5 Å². The first-order valence-electron chi connectivity index (χ1n) is 7.42. The lowest BCUT2D eigenvalue weighted by Gasteiger charge is -2.15. The molecule has 0 aliphatic rings. The van der Waals surface area contributed by atoms with Crippen LogP contribution in [0.4, 0.5) is 5.69 Å². The summed E-state index contributed by atoms with van der Waals surface area (Å²) in [7, 11) is 0. The van der Waals surface area contributed by atoms with E-state index in [1.54, 1.807) is 0 Å². The van der Waals surface area contributed by atoms with Crippen molar-refractivity contribution < 1.29 is 9.53 Å². The van der Waals surface area contributed by atoms with Crippen molar-refractivity contribution >= 4 is 34.2 Å². The number of carbonyl (C=O) groups is 1. The Morgan fingerprint density at radius 2 is 2.00 bits per heavy atom. The Bertz CT molecular complexity index is 642. The van der Waals surface area contributed by atoms with E-state index < -0.39 is 0 Å². The summed E-state index contributed by atoms with van der Waals surface area (Å²) < 4.78 is 6.79. The fourth-order valence-corrected chi connectivity index (χ4v) is 2.82. The molecule has 2 aromatic carbocycles. The average molecular weight is 409 g/mol. The molecule has 1 N–H and O–H groups in total. The second-order valence-corrected chi connectivity index (χ2v) is 6.34. The lowest BCUT2D eigenvalue weighted by atomic mass is 10.2. The van der Waals surface area contributed by atoms with Gasteiger partial charge in [-0.15, -0.1) is 0 Å². The molecule has 0 aliphatic heterocycles. The van der Waals surface area contributed by atoms with Crippen molar-refractivity contribution in [2.45, 2.75) is 32.8 Å². The van der Waals surface area contributed by atoms with Gasteiger partial charge in [0.1, 0.15) is 5.75 Å². The molecule has 0 aromatic heterocycles. The van der Waals surface area contributed by atoms with E-state index in [2.05, 4.69) is 41.8 Å². The van der Waals surface area contributed by atoms with Crippen molar-refractivity contribution in [3.63, 3.8) is 0 Å². The maximum absolute atomic E-state index is 12.3. The van der Waals surface area contributed by atoms with E-state index in [-0.39, 0.29) is 12.0 Å². The molecule has 22 heavy (non-hydrogen) atoms. The summed E-state index contributed by atoms with van der Waals surface area (Å²) in [6, 6.07) is 15.0. The van der Waals surface area contributed by atoms with Crippen LogP contribution in [0.3, 0.4) is 0 Å². The SMILES string of the molecule is CCCC(C)Oc1cccc(NC(=O)c2ccccc2I)c1. The molecule has 0 aliphatic carbocycles. The fraction of sp³-hybridized carbons (Fsp3) is 0.278. The second-order valence-electron chi connectivity index (χ2n) is 5.18. The number of amides is 1. The third-order valence-corrected chi connectivity index (χ3v) is 4.18. The first kappa shape index (κ1) is 16.8. The Balaban J connectivity index is 2.07. The summed E-state index contributed by atoms with van der Waals surface area (Å²) in [5.74, 6) is 0.672. The van der Waals surface area contributed by atoms with Gasteiger partial charge in [0.15, 0.2) is 0 Å². The minimum atomic E-state index is -0.108. The van der Waals surface area contributed by atoms with Crippen LogP contribution in [-0.2, 0) is 0 Å². The highest BCUT2D eigenvalue weighted by atomic mass is 127. The van der Waals surface area contributed by atoms with Gasteiger partial charge in [-0.25, -0.2) is 0 Å². The van der Waals surface area contributed by atoms with E-state index in [4.69, 9.17) is 4.74 Å². The highest BCUT2D eigenvalue weighted by molar-refractivity contribution is 14.1. The zero-order valence-electron chi connectivity index (χ0n) is 12.8. The Hall–Kier alpha value is -1.56. The monoisotopic (exact) mass is 409 g/mol. The van der Waals surface area contributed by atoms with Crippen LogP contribution < -0.4 is 10.1 Å². The Morgan fingerprint density at radius 1 is 1.23 bits per heavy atom. The third kappa shape index (κ3) is 4.73. The highest BCUT2D eigenvalue weighted by Crippen LogP contribution is 2.21. The topological polar surface area (TPSA) is 38.3 Å². The maximum Gasteiger partial charge on any atom is 0.256 e. The van der Waals surface area contributed by atoms with Gasteiger partial charge >= 0.3 is 0 Å². The van der Waals surface area contributed by atoms with E-state index in [0.717, 1.165) is 27.8 Å². The van der Waals surface area contributed by atoms with Crippen LogP contribution >= 0.6 is 22.6 Å². The zero-order valence-corrected chi connectivity index (χ0v) is 15.0. The number of anilines is 1. The summed E-state index contributed by atoms with van der Waals surface area (Å²) in [6.45, 7) is 4.19. The molecule has 3 nitrogen and oxygen atoms in total. The first-order chi connectivity index (χ1) is 10.6. The summed E-state index contributed by atoms with van der Waals surface area (Å²) in [6.07, 6.45) is 2.27. The zero-order chi connectivity index (χ0) is 15.9. The number of benzene rings is 2. The second kappa shape index (κ2) is 8.17. The highest BCUT2D eigenvalue weighted by Gasteiger charge is 2.10. The van der Waals surface area contributed by atoms with Gasteiger partial charge in [-0.2, -0.15) is 0 Å². The minimum absolute atomic E-state index is 0.108. The fourth-order valence-electron chi connectivity index (χ4n) is 2.19. The van der Waals surface area contributed by atoms with Crippen molar-refractivity contribution in [3.05, 3.63) is 57.7 Å². The summed E-state index contributed by atoms with van der Waals surface area (Å²) >= 11 is 2.16. The first-order valence-corrected chi connectivity index (χ1v) is 8.50. The van der Waals surface area contributed by atoms with E-state index >= 15 is 0 Å². The number of hydrogen-bond donors (Lipinski definition) is 1. The van der Waals surface area contributed by atoms with Crippen LogP contribution in [0.5, 0.6) is 5.75 Å². The van der Waals surface area contributed by atoms with Gasteiger partial charge in [0.05, 0.1) is 11.7 Å². The van der Waals surface area contributed by atoms with Gasteiger partial charge < -0.3 is 10.1 Å². The number of nitrogens with one attached hydrogen (secondary N) is 1. The van der Waals surface area contributed by atoms with Crippen molar-refractivity contribution in [1.29, 1.82) is 0 Å². The van der Waals surface area contributed by atoms with Gasteiger partial charge in [0.25, 0.3) is 5.91 Å². The van der Waals surface area contributed by atoms with E-state index in [1.165, 1.54) is 0 Å². The van der Waals surface area contributed by atoms with Crippen LogP contribution in [0.15, 0.2) is 48.5 Å². The lowest BCUT2D eigenvalue weighted by molar-refractivity contribution is 0.102. The summed E-state index contributed by atoms with van der Waals surface area (Å²) in [5, 5.41) is 2.92. The van der Waals surface area contributed by atoms with Crippen LogP contribution in [0.1, 0.15) is 37.0 Å². The standard InChI is InChI=1S/C18H20INO2/c1-3-7-13(2)22-15-9-6-8-14(12-15)20-18(21)16-10-4-5-11-17(16)19/h4-6,8-13H,3,7H2,1-2H3,(H,20,21). The van der Waals surface area contributed by atoms with Crippen molar-refractivity contribution in [1.82, 2.24) is 0 Å². The molecular formula is C18H20INO2. The Labute approximate surface area is 145 Å². The molecule has 0 radical (unpaired) electrons. The number of rotatable bonds is 6. The van der Waals surface area contributed by atoms with Crippen LogP contribution in [0, 0.1) is 3.57 Å². The number of hydrogen-bond acceptors (Lipinski definition) is 2. The van der Waals surface area contributed by atoms with E-state index in [9.17, 15) is 4.79 Å². The van der Waals surface area contributed by atoms with Gasteiger partial charge in [-0.05, 0) is 60.2 Å². The van der Waals surface area contributed by atoms with Crippen LogP contribution in [0.2, 0.25) is 0 Å². The molecule has 1 amide bonds. The molecule has 4 heteroatoms. The number of carbonyl (C=O) groups excluding carboxylic acids is 1. The lowest BCUT2D eigenvalue weighted by Crippen LogP contribution is -2.14. The Morgan fingerprint density at radius 3 is 2.73 bits per heavy atom. The maximum atomic E-state index is 12.3. The predicted octanol–water partition coefficient (Wildman–Crippen LogP) is 5.11. The van der Waals surface area contributed by atoms with Gasteiger partial charge in [0.2, 0.25) is 0 Å². The van der Waals surface area contributed by atoms with E-state index in [0.29, 0.717) is 5.56 Å². The Kier molecular flexibility index (Phi) is 6.24. The normalized spacial score (nSPS) is 11.8. The largest absolute Gasteiger partial charge is 0.491 e. The minimum Gasteiger partial charge on any atom is -0.491 e. The third-order valence-electron chi connectivity index (χ3n) is 3.24. The summed E-state index contributed by atoms with van der Waals surface area (Å²) in [4.78, 5) is 12.3. The molecule has 0 spiro atoms. The molecule has 0 heterocycles. The molecule has 0 fully saturated rings. The molecule has 0 saturated carbocycles. The van der Waals surface area contributed by atoms with Crippen molar-refractivity contribution in [2.75, 3.05) is 5.32 Å². The van der Waals surface area contributed by atoms with E-state index in [1.807, 2.05) is 48.5 Å². The van der Waals surface area contributed by atoms with Crippen molar-refractivity contribution in [2.24, 2.45) is 0 Å². The molecule has 116 valence electrons. The quantitative estimate of drug-likeness (QED) is 0.674. The smallest absolute Gasteiger partial charge is 0.256 e.